The maximum absolute atomic E-state index is 12.0. The van der Waals surface area contributed by atoms with Gasteiger partial charge in [-0.3, -0.25) is 4.79 Å². The molecule has 0 aromatic heterocycles. The van der Waals surface area contributed by atoms with Crippen LogP contribution in [0.5, 0.6) is 5.75 Å². The third-order valence-corrected chi connectivity index (χ3v) is 4.06. The maximum Gasteiger partial charge on any atom is 0.222 e. The summed E-state index contributed by atoms with van der Waals surface area (Å²) >= 11 is 3.53. The van der Waals surface area contributed by atoms with E-state index in [0.29, 0.717) is 13.0 Å². The van der Waals surface area contributed by atoms with E-state index in [2.05, 4.69) is 15.9 Å². The van der Waals surface area contributed by atoms with Gasteiger partial charge >= 0.3 is 0 Å². The van der Waals surface area contributed by atoms with Gasteiger partial charge in [0, 0.05) is 24.0 Å². The van der Waals surface area contributed by atoms with Gasteiger partial charge in [0.05, 0.1) is 7.11 Å². The third kappa shape index (κ3) is 3.25. The molecule has 1 aliphatic rings. The van der Waals surface area contributed by atoms with Crippen molar-refractivity contribution >= 4 is 21.8 Å². The van der Waals surface area contributed by atoms with Gasteiger partial charge in [0.2, 0.25) is 5.91 Å². The number of likely N-dealkylation sites (tertiary alicyclic amines) is 1. The first-order chi connectivity index (χ1) is 8.70. The summed E-state index contributed by atoms with van der Waals surface area (Å²) in [4.78, 5) is 13.9. The molecule has 2 rings (SSSR count). The van der Waals surface area contributed by atoms with Crippen molar-refractivity contribution in [3.05, 3.63) is 28.2 Å². The topological polar surface area (TPSA) is 29.5 Å². The van der Waals surface area contributed by atoms with Crippen molar-refractivity contribution < 1.29 is 9.53 Å². The molecule has 18 heavy (non-hydrogen) atoms. The molecule has 0 radical (unpaired) electrons. The molecule has 4 heteroatoms. The number of carbonyl (C=O) groups is 1. The van der Waals surface area contributed by atoms with Gasteiger partial charge in [-0.15, -0.1) is 0 Å². The zero-order valence-corrected chi connectivity index (χ0v) is 12.2. The van der Waals surface area contributed by atoms with Crippen LogP contribution in [0.3, 0.4) is 0 Å². The fourth-order valence-electron chi connectivity index (χ4n) is 2.21. The first-order valence-electron chi connectivity index (χ1n) is 6.31. The lowest BCUT2D eigenvalue weighted by molar-refractivity contribution is -0.131. The van der Waals surface area contributed by atoms with Crippen LogP contribution < -0.4 is 4.74 Å². The Kier molecular flexibility index (Phi) is 4.64. The lowest BCUT2D eigenvalue weighted by Crippen LogP contribution is -2.29. The molecule has 0 spiro atoms. The summed E-state index contributed by atoms with van der Waals surface area (Å²) in [5.41, 5.74) is 1.10. The van der Waals surface area contributed by atoms with Crippen molar-refractivity contribution in [2.24, 2.45) is 0 Å². The lowest BCUT2D eigenvalue weighted by atomic mass is 10.2. The summed E-state index contributed by atoms with van der Waals surface area (Å²) in [6, 6.07) is 5.87. The predicted octanol–water partition coefficient (Wildman–Crippen LogP) is 3.36. The van der Waals surface area contributed by atoms with E-state index in [1.807, 2.05) is 23.1 Å². The molecule has 1 saturated heterocycles. The molecule has 0 atom stereocenters. The average Bonchev–Trinajstić information content (AvgIpc) is 2.58. The van der Waals surface area contributed by atoms with Crippen molar-refractivity contribution in [2.75, 3.05) is 13.7 Å². The fraction of sp³-hybridized carbons (Fsp3) is 0.500. The van der Waals surface area contributed by atoms with Crippen LogP contribution in [-0.4, -0.2) is 24.5 Å². The summed E-state index contributed by atoms with van der Waals surface area (Å²) in [7, 11) is 1.66. The zero-order valence-electron chi connectivity index (χ0n) is 10.6. The van der Waals surface area contributed by atoms with Crippen LogP contribution in [0.15, 0.2) is 22.7 Å². The van der Waals surface area contributed by atoms with Gasteiger partial charge in [0.1, 0.15) is 5.75 Å². The number of ether oxygens (including phenoxy) is 1. The largest absolute Gasteiger partial charge is 0.497 e. The molecule has 1 aromatic carbocycles. The Morgan fingerprint density at radius 2 is 2.17 bits per heavy atom. The Morgan fingerprint density at radius 3 is 2.94 bits per heavy atom. The van der Waals surface area contributed by atoms with E-state index in [-0.39, 0.29) is 5.91 Å². The van der Waals surface area contributed by atoms with Crippen molar-refractivity contribution in [3.63, 3.8) is 0 Å². The molecule has 0 N–H and O–H groups in total. The molecule has 1 amide bonds. The first-order valence-corrected chi connectivity index (χ1v) is 7.10. The van der Waals surface area contributed by atoms with E-state index >= 15 is 0 Å². The zero-order chi connectivity index (χ0) is 13.0. The number of rotatable bonds is 3. The van der Waals surface area contributed by atoms with Crippen LogP contribution in [0.4, 0.5) is 0 Å². The Labute approximate surface area is 116 Å². The fourth-order valence-corrected chi connectivity index (χ4v) is 2.58. The molecule has 1 fully saturated rings. The highest BCUT2D eigenvalue weighted by molar-refractivity contribution is 9.10. The average molecular weight is 312 g/mol. The summed E-state index contributed by atoms with van der Waals surface area (Å²) in [6.45, 7) is 1.53. The summed E-state index contributed by atoms with van der Waals surface area (Å²) in [6.07, 6.45) is 3.96. The number of methoxy groups -OCH3 is 1. The first kappa shape index (κ1) is 13.4. The third-order valence-electron chi connectivity index (χ3n) is 3.29. The number of amides is 1. The standard InChI is InChI=1S/C14H18BrNO2/c1-18-12-6-7-13(15)11(9-12)10-16-8-4-2-3-5-14(16)17/h6-7,9H,2-5,8,10H2,1H3. The summed E-state index contributed by atoms with van der Waals surface area (Å²) in [5.74, 6) is 1.10. The molecular formula is C14H18BrNO2. The van der Waals surface area contributed by atoms with Crippen LogP contribution in [0, 0.1) is 0 Å². The van der Waals surface area contributed by atoms with Gasteiger partial charge in [0.15, 0.2) is 0 Å². The van der Waals surface area contributed by atoms with Crippen LogP contribution in [0.1, 0.15) is 31.2 Å². The smallest absolute Gasteiger partial charge is 0.222 e. The van der Waals surface area contributed by atoms with Crippen LogP contribution in [0.25, 0.3) is 0 Å². The molecule has 1 heterocycles. The van der Waals surface area contributed by atoms with Gasteiger partial charge in [-0.05, 0) is 36.6 Å². The number of halogens is 1. The molecule has 0 bridgehead atoms. The van der Waals surface area contributed by atoms with Crippen molar-refractivity contribution in [1.29, 1.82) is 0 Å². The van der Waals surface area contributed by atoms with E-state index in [4.69, 9.17) is 4.74 Å². The van der Waals surface area contributed by atoms with Gasteiger partial charge < -0.3 is 9.64 Å². The molecular weight excluding hydrogens is 294 g/mol. The number of hydrogen-bond acceptors (Lipinski definition) is 2. The molecule has 98 valence electrons. The monoisotopic (exact) mass is 311 g/mol. The van der Waals surface area contributed by atoms with Crippen molar-refractivity contribution in [2.45, 2.75) is 32.2 Å². The second-order valence-corrected chi connectivity index (χ2v) is 5.44. The number of benzene rings is 1. The molecule has 0 unspecified atom stereocenters. The van der Waals surface area contributed by atoms with Crippen LogP contribution in [-0.2, 0) is 11.3 Å². The van der Waals surface area contributed by atoms with E-state index in [0.717, 1.165) is 41.6 Å². The van der Waals surface area contributed by atoms with Crippen LogP contribution >= 0.6 is 15.9 Å². The maximum atomic E-state index is 12.0. The molecule has 0 saturated carbocycles. The summed E-state index contributed by atoms with van der Waals surface area (Å²) in [5, 5.41) is 0. The Bertz CT molecular complexity index is 434. The van der Waals surface area contributed by atoms with E-state index in [9.17, 15) is 4.79 Å². The van der Waals surface area contributed by atoms with Crippen LogP contribution in [0.2, 0.25) is 0 Å². The minimum absolute atomic E-state index is 0.266. The van der Waals surface area contributed by atoms with E-state index < -0.39 is 0 Å². The molecule has 1 aromatic rings. The number of carbonyl (C=O) groups excluding carboxylic acids is 1. The van der Waals surface area contributed by atoms with Crippen molar-refractivity contribution in [1.82, 2.24) is 4.90 Å². The number of hydrogen-bond donors (Lipinski definition) is 0. The Balaban J connectivity index is 2.14. The van der Waals surface area contributed by atoms with E-state index in [1.165, 1.54) is 0 Å². The van der Waals surface area contributed by atoms with Gasteiger partial charge in [-0.1, -0.05) is 22.4 Å². The second kappa shape index (κ2) is 6.23. The Hall–Kier alpha value is -1.03. The van der Waals surface area contributed by atoms with Gasteiger partial charge in [0.25, 0.3) is 0 Å². The highest BCUT2D eigenvalue weighted by atomic mass is 79.9. The van der Waals surface area contributed by atoms with Gasteiger partial charge in [-0.25, -0.2) is 0 Å². The Morgan fingerprint density at radius 1 is 1.33 bits per heavy atom. The normalized spacial score (nSPS) is 16.6. The molecule has 0 aliphatic carbocycles. The minimum Gasteiger partial charge on any atom is -0.497 e. The van der Waals surface area contributed by atoms with E-state index in [1.54, 1.807) is 7.11 Å². The quantitative estimate of drug-likeness (QED) is 0.856. The SMILES string of the molecule is COc1ccc(Br)c(CN2CCCCCC2=O)c1. The predicted molar refractivity (Wildman–Crippen MR) is 74.6 cm³/mol. The molecule has 1 aliphatic heterocycles. The highest BCUT2D eigenvalue weighted by Gasteiger charge is 2.17. The second-order valence-electron chi connectivity index (χ2n) is 4.58. The highest BCUT2D eigenvalue weighted by Crippen LogP contribution is 2.25. The summed E-state index contributed by atoms with van der Waals surface area (Å²) < 4.78 is 6.25. The van der Waals surface area contributed by atoms with Gasteiger partial charge in [-0.2, -0.15) is 0 Å². The minimum atomic E-state index is 0.266. The molecule has 3 nitrogen and oxygen atoms in total. The van der Waals surface area contributed by atoms with Crippen molar-refractivity contribution in [3.8, 4) is 5.75 Å². The number of nitrogens with zero attached hydrogens (tertiary/aromatic N) is 1. The lowest BCUT2D eigenvalue weighted by Gasteiger charge is -2.21.